The summed E-state index contributed by atoms with van der Waals surface area (Å²) in [5, 5.41) is 4.33. The number of fused-ring (bicyclic) bond motifs is 3. The largest absolute Gasteiger partial charge is 0.305 e. The van der Waals surface area contributed by atoms with Gasteiger partial charge in [0.1, 0.15) is 5.82 Å². The molecule has 0 aliphatic carbocycles. The topological polar surface area (TPSA) is 38.7 Å². The van der Waals surface area contributed by atoms with Crippen molar-refractivity contribution < 1.29 is 28.9 Å². The van der Waals surface area contributed by atoms with E-state index in [1.165, 1.54) is 22.9 Å². The second kappa shape index (κ2) is 11.6. The van der Waals surface area contributed by atoms with Crippen molar-refractivity contribution >= 4 is 32.4 Å². The fourth-order valence-electron chi connectivity index (χ4n) is 4.28. The maximum Gasteiger partial charge on any atom is 0.124 e. The van der Waals surface area contributed by atoms with Gasteiger partial charge in [-0.2, -0.15) is 0 Å². The molecular formula is C33H19F2IrN3-2. The molecule has 0 atom stereocenters. The minimum Gasteiger partial charge on any atom is -0.305 e. The zero-order chi connectivity index (χ0) is 25.9. The SMILES string of the molecule is Fc1cc(F)c2c[c-]c(-c3ccccn3)cc2c1.[Ir].[c-]1ccccc1-c1ncc2cc3ccccc3cc2n1. The summed E-state index contributed by atoms with van der Waals surface area (Å²) in [6.45, 7) is 0. The third kappa shape index (κ3) is 5.73. The fraction of sp³-hybridized carbons (Fsp3) is 0. The molecule has 0 fully saturated rings. The quantitative estimate of drug-likeness (QED) is 0.136. The smallest absolute Gasteiger partial charge is 0.124 e. The molecule has 0 N–H and O–H groups in total. The Morgan fingerprint density at radius 3 is 2.21 bits per heavy atom. The average Bonchev–Trinajstić information content (AvgIpc) is 2.96. The van der Waals surface area contributed by atoms with Gasteiger partial charge in [0.05, 0.1) is 17.2 Å². The van der Waals surface area contributed by atoms with Gasteiger partial charge < -0.3 is 4.98 Å². The van der Waals surface area contributed by atoms with Crippen molar-refractivity contribution in [3.05, 3.63) is 139 Å². The zero-order valence-electron chi connectivity index (χ0n) is 20.4. The van der Waals surface area contributed by atoms with Crippen molar-refractivity contribution in [2.24, 2.45) is 0 Å². The Labute approximate surface area is 237 Å². The van der Waals surface area contributed by atoms with Crippen LogP contribution in [0.1, 0.15) is 0 Å². The van der Waals surface area contributed by atoms with Gasteiger partial charge in [0, 0.05) is 44.0 Å². The van der Waals surface area contributed by atoms with Crippen molar-refractivity contribution in [2.45, 2.75) is 0 Å². The first-order valence-electron chi connectivity index (χ1n) is 12.0. The average molecular weight is 688 g/mol. The maximum atomic E-state index is 13.5. The van der Waals surface area contributed by atoms with Crippen molar-refractivity contribution in [3.63, 3.8) is 0 Å². The molecule has 6 heteroatoms. The standard InChI is InChI=1S/C18H11N2.C15H8F2N.Ir/c1-2-6-13(7-3-1)18-19-12-16-10-14-8-4-5-9-15(14)11-17(16)20-18;16-12-8-11-7-10(15-3-1-2-6-18-15)4-5-13(11)14(17)9-12;/h1-6,8-12H;1-3,5-9H;/q2*-1;. The summed E-state index contributed by atoms with van der Waals surface area (Å²) in [6, 6.07) is 37.3. The maximum absolute atomic E-state index is 13.5. The molecule has 0 spiro atoms. The summed E-state index contributed by atoms with van der Waals surface area (Å²) in [6.07, 6.45) is 3.55. The van der Waals surface area contributed by atoms with Gasteiger partial charge in [-0.25, -0.2) is 8.78 Å². The Kier molecular flexibility index (Phi) is 7.78. The second-order valence-corrected chi connectivity index (χ2v) is 8.68. The van der Waals surface area contributed by atoms with Gasteiger partial charge in [-0.15, -0.1) is 59.7 Å². The second-order valence-electron chi connectivity index (χ2n) is 8.68. The molecule has 0 aliphatic rings. The molecule has 5 aromatic carbocycles. The van der Waals surface area contributed by atoms with Crippen LogP contribution in [-0.2, 0) is 20.1 Å². The first-order valence-corrected chi connectivity index (χ1v) is 12.0. The van der Waals surface area contributed by atoms with Crippen molar-refractivity contribution in [1.82, 2.24) is 15.0 Å². The summed E-state index contributed by atoms with van der Waals surface area (Å²) in [4.78, 5) is 13.3. The van der Waals surface area contributed by atoms with Crippen LogP contribution in [0, 0.1) is 23.8 Å². The van der Waals surface area contributed by atoms with E-state index >= 15 is 0 Å². The molecule has 0 bridgehead atoms. The van der Waals surface area contributed by atoms with E-state index in [-0.39, 0.29) is 20.1 Å². The van der Waals surface area contributed by atoms with E-state index in [0.29, 0.717) is 22.2 Å². The molecule has 0 unspecified atom stereocenters. The molecule has 0 saturated heterocycles. The number of rotatable bonds is 2. The van der Waals surface area contributed by atoms with Crippen LogP contribution in [0.15, 0.2) is 116 Å². The predicted molar refractivity (Wildman–Crippen MR) is 147 cm³/mol. The van der Waals surface area contributed by atoms with Crippen molar-refractivity contribution in [1.29, 1.82) is 0 Å². The fourth-order valence-corrected chi connectivity index (χ4v) is 4.28. The van der Waals surface area contributed by atoms with Gasteiger partial charge in [-0.3, -0.25) is 9.97 Å². The molecule has 0 saturated carbocycles. The van der Waals surface area contributed by atoms with E-state index in [9.17, 15) is 8.78 Å². The predicted octanol–water partition coefficient (Wildman–Crippen LogP) is 8.23. The Hall–Kier alpha value is -4.38. The summed E-state index contributed by atoms with van der Waals surface area (Å²) in [5.74, 6) is -0.444. The molecule has 39 heavy (non-hydrogen) atoms. The van der Waals surface area contributed by atoms with Crippen LogP contribution in [-0.4, -0.2) is 15.0 Å². The van der Waals surface area contributed by atoms with Gasteiger partial charge in [-0.05, 0) is 40.7 Å². The number of aromatic nitrogens is 3. The molecule has 1 radical (unpaired) electrons. The summed E-state index contributed by atoms with van der Waals surface area (Å²) < 4.78 is 26.7. The minimum absolute atomic E-state index is 0. The van der Waals surface area contributed by atoms with Crippen molar-refractivity contribution in [2.75, 3.05) is 0 Å². The summed E-state index contributed by atoms with van der Waals surface area (Å²) in [7, 11) is 0. The van der Waals surface area contributed by atoms with Crippen LogP contribution in [0.5, 0.6) is 0 Å². The third-order valence-electron chi connectivity index (χ3n) is 6.14. The monoisotopic (exact) mass is 688 g/mol. The van der Waals surface area contributed by atoms with Crippen LogP contribution in [0.25, 0.3) is 55.1 Å². The number of benzene rings is 5. The zero-order valence-corrected chi connectivity index (χ0v) is 22.8. The van der Waals surface area contributed by atoms with Crippen LogP contribution in [0.2, 0.25) is 0 Å². The molecular weight excluding hydrogens is 669 g/mol. The first kappa shape index (κ1) is 26.2. The van der Waals surface area contributed by atoms with E-state index in [1.807, 2.05) is 60.8 Å². The van der Waals surface area contributed by atoms with Gasteiger partial charge >= 0.3 is 0 Å². The van der Waals surface area contributed by atoms with Crippen molar-refractivity contribution in [3.8, 4) is 22.6 Å². The Morgan fingerprint density at radius 2 is 1.44 bits per heavy atom. The number of pyridine rings is 1. The molecule has 0 aliphatic heterocycles. The number of nitrogens with zero attached hydrogens (tertiary/aromatic N) is 3. The Bertz CT molecular complexity index is 1900. The molecule has 3 nitrogen and oxygen atoms in total. The van der Waals surface area contributed by atoms with Gasteiger partial charge in [0.15, 0.2) is 0 Å². The van der Waals surface area contributed by atoms with Crippen LogP contribution < -0.4 is 0 Å². The van der Waals surface area contributed by atoms with Crippen LogP contribution in [0.4, 0.5) is 8.78 Å². The van der Waals surface area contributed by atoms with E-state index in [1.54, 1.807) is 12.3 Å². The molecule has 0 amide bonds. The minimum atomic E-state index is -0.585. The van der Waals surface area contributed by atoms with Crippen LogP contribution >= 0.6 is 0 Å². The van der Waals surface area contributed by atoms with E-state index < -0.39 is 11.6 Å². The Balaban J connectivity index is 0.000000155. The van der Waals surface area contributed by atoms with Gasteiger partial charge in [0.25, 0.3) is 0 Å². The Morgan fingerprint density at radius 1 is 0.641 bits per heavy atom. The summed E-state index contributed by atoms with van der Waals surface area (Å²) >= 11 is 0. The normalized spacial score (nSPS) is 10.6. The summed E-state index contributed by atoms with van der Waals surface area (Å²) in [5.41, 5.74) is 3.32. The van der Waals surface area contributed by atoms with E-state index in [2.05, 4.69) is 51.4 Å². The van der Waals surface area contributed by atoms with E-state index in [4.69, 9.17) is 0 Å². The van der Waals surface area contributed by atoms with Crippen LogP contribution in [0.3, 0.4) is 0 Å². The number of hydrogen-bond acceptors (Lipinski definition) is 3. The molecule has 7 aromatic rings. The van der Waals surface area contributed by atoms with E-state index in [0.717, 1.165) is 28.2 Å². The third-order valence-corrected chi connectivity index (χ3v) is 6.14. The molecule has 191 valence electrons. The molecule has 2 heterocycles. The first-order chi connectivity index (χ1) is 18.6. The number of hydrogen-bond donors (Lipinski definition) is 0. The molecule has 2 aromatic heterocycles. The van der Waals surface area contributed by atoms with Gasteiger partial charge in [0.2, 0.25) is 0 Å². The number of halogens is 2. The van der Waals surface area contributed by atoms with Gasteiger partial charge in [-0.1, -0.05) is 47.2 Å². The molecule has 7 rings (SSSR count).